The summed E-state index contributed by atoms with van der Waals surface area (Å²) in [5.74, 6) is 0. The van der Waals surface area contributed by atoms with Crippen molar-refractivity contribution in [2.75, 3.05) is 0 Å². The molecule has 2 aliphatic carbocycles. The average Bonchev–Trinajstić information content (AvgIpc) is 3.75. The molecule has 57 heavy (non-hydrogen) atoms. The predicted octanol–water partition coefficient (Wildman–Crippen LogP) is 15.1. The predicted molar refractivity (Wildman–Crippen MR) is 241 cm³/mol. The molecule has 0 fully saturated rings. The lowest BCUT2D eigenvalue weighted by molar-refractivity contribution is 0.801. The highest BCUT2D eigenvalue weighted by atomic mass is 14.5. The second-order valence-corrected chi connectivity index (χ2v) is 15.9. The van der Waals surface area contributed by atoms with Gasteiger partial charge in [-0.05, 0) is 139 Å². The molecule has 262 valence electrons. The molecule has 0 unspecified atom stereocenters. The Labute approximate surface area is 330 Å². The molecule has 0 bridgehead atoms. The van der Waals surface area contributed by atoms with E-state index in [2.05, 4.69) is 206 Å². The molecule has 11 aromatic rings. The molecule has 1 spiro atoms. The molecule has 0 atom stereocenters. The van der Waals surface area contributed by atoms with Gasteiger partial charge in [0.25, 0.3) is 0 Å². The van der Waals surface area contributed by atoms with Crippen LogP contribution in [-0.4, -0.2) is 0 Å². The average molecular weight is 719 g/mol. The molecule has 0 N–H and O–H groups in total. The van der Waals surface area contributed by atoms with E-state index in [1.165, 1.54) is 121 Å². The fourth-order valence-corrected chi connectivity index (χ4v) is 10.9. The summed E-state index contributed by atoms with van der Waals surface area (Å²) < 4.78 is 0. The van der Waals surface area contributed by atoms with Crippen LogP contribution in [0.25, 0.3) is 98.4 Å². The zero-order valence-electron chi connectivity index (χ0n) is 31.1. The van der Waals surface area contributed by atoms with Crippen molar-refractivity contribution in [1.29, 1.82) is 0 Å². The van der Waals surface area contributed by atoms with Gasteiger partial charge < -0.3 is 0 Å². The molecular weight excluding hydrogens is 685 g/mol. The van der Waals surface area contributed by atoms with Crippen LogP contribution in [0.2, 0.25) is 0 Å². The maximum absolute atomic E-state index is 2.56. The van der Waals surface area contributed by atoms with Crippen molar-refractivity contribution in [2.24, 2.45) is 0 Å². The van der Waals surface area contributed by atoms with Gasteiger partial charge in [0.1, 0.15) is 0 Å². The summed E-state index contributed by atoms with van der Waals surface area (Å²) >= 11 is 0. The first-order valence-electron chi connectivity index (χ1n) is 20.0. The molecule has 0 radical (unpaired) electrons. The van der Waals surface area contributed by atoms with E-state index < -0.39 is 5.41 Å². The van der Waals surface area contributed by atoms with Crippen molar-refractivity contribution >= 4 is 53.9 Å². The zero-order chi connectivity index (χ0) is 37.2. The number of hydrogen-bond acceptors (Lipinski definition) is 0. The highest BCUT2D eigenvalue weighted by Gasteiger charge is 2.52. The van der Waals surface area contributed by atoms with E-state index in [0.29, 0.717) is 0 Å². The smallest absolute Gasteiger partial charge is 0.0619 e. The quantitative estimate of drug-likeness (QED) is 0.123. The summed E-state index contributed by atoms with van der Waals surface area (Å²) in [6.45, 7) is 0. The fourth-order valence-electron chi connectivity index (χ4n) is 10.9. The normalized spacial score (nSPS) is 13.4. The molecule has 0 saturated carbocycles. The molecule has 0 aromatic heterocycles. The first-order valence-corrected chi connectivity index (χ1v) is 20.0. The van der Waals surface area contributed by atoms with Crippen LogP contribution in [-0.2, 0) is 5.41 Å². The molecule has 2 aliphatic rings. The number of fused-ring (bicyclic) bond motifs is 17. The second kappa shape index (κ2) is 11.4. The maximum Gasteiger partial charge on any atom is 0.0731 e. The molecule has 0 heteroatoms. The van der Waals surface area contributed by atoms with Gasteiger partial charge in [0.2, 0.25) is 0 Å². The van der Waals surface area contributed by atoms with Gasteiger partial charge in [-0.3, -0.25) is 0 Å². The van der Waals surface area contributed by atoms with E-state index in [1.54, 1.807) is 0 Å². The van der Waals surface area contributed by atoms with Gasteiger partial charge in [0, 0.05) is 0 Å². The third-order valence-electron chi connectivity index (χ3n) is 13.2. The molecular formula is C57H34. The van der Waals surface area contributed by atoms with Gasteiger partial charge in [-0.25, -0.2) is 0 Å². The van der Waals surface area contributed by atoms with Crippen molar-refractivity contribution in [3.8, 4) is 44.5 Å². The van der Waals surface area contributed by atoms with Crippen LogP contribution in [0.5, 0.6) is 0 Å². The summed E-state index contributed by atoms with van der Waals surface area (Å²) in [4.78, 5) is 0. The number of benzene rings is 11. The lowest BCUT2D eigenvalue weighted by Gasteiger charge is -2.32. The minimum absolute atomic E-state index is 0.498. The Morgan fingerprint density at radius 3 is 1.65 bits per heavy atom. The summed E-state index contributed by atoms with van der Waals surface area (Å²) in [6.07, 6.45) is 0. The lowest BCUT2D eigenvalue weighted by atomic mass is 9.69. The van der Waals surface area contributed by atoms with Gasteiger partial charge in [0.15, 0.2) is 0 Å². The van der Waals surface area contributed by atoms with Crippen LogP contribution >= 0.6 is 0 Å². The van der Waals surface area contributed by atoms with E-state index in [9.17, 15) is 0 Å². The minimum Gasteiger partial charge on any atom is -0.0619 e. The zero-order valence-corrected chi connectivity index (χ0v) is 31.1. The molecule has 0 saturated heterocycles. The van der Waals surface area contributed by atoms with Gasteiger partial charge in [-0.1, -0.05) is 188 Å². The van der Waals surface area contributed by atoms with E-state index in [4.69, 9.17) is 0 Å². The Balaban J connectivity index is 1.15. The largest absolute Gasteiger partial charge is 0.0731 e. The summed E-state index contributed by atoms with van der Waals surface area (Å²) in [7, 11) is 0. The first-order chi connectivity index (χ1) is 28.3. The van der Waals surface area contributed by atoms with Crippen LogP contribution in [0, 0.1) is 0 Å². The number of hydrogen-bond donors (Lipinski definition) is 0. The van der Waals surface area contributed by atoms with Crippen LogP contribution < -0.4 is 0 Å². The third kappa shape index (κ3) is 4.07. The van der Waals surface area contributed by atoms with E-state index in [0.717, 1.165) is 0 Å². The van der Waals surface area contributed by atoms with Crippen LogP contribution in [0.4, 0.5) is 0 Å². The Morgan fingerprint density at radius 2 is 0.825 bits per heavy atom. The van der Waals surface area contributed by atoms with Gasteiger partial charge in [-0.2, -0.15) is 0 Å². The highest BCUT2D eigenvalue weighted by molar-refractivity contribution is 6.20. The standard InChI is InChI=1S/C57H34/c1-2-14-37-32-39(25-24-35(37)12-1)42-20-11-21-49-44(42)30-31-50-47-28-27-40(34-54(47)57(56(49)50)52-22-9-7-18-45(52)46-19-8-10-23-53(46)57)55-43-17-6-4-15-38(43)33-51-41-16-5-3-13-36(41)26-29-48(51)55/h1-34H. The van der Waals surface area contributed by atoms with E-state index in [1.807, 2.05) is 0 Å². The first kappa shape index (κ1) is 31.0. The van der Waals surface area contributed by atoms with Gasteiger partial charge >= 0.3 is 0 Å². The lowest BCUT2D eigenvalue weighted by Crippen LogP contribution is -2.26. The minimum atomic E-state index is -0.498. The molecule has 0 aliphatic heterocycles. The summed E-state index contributed by atoms with van der Waals surface area (Å²) in [5.41, 5.74) is 15.3. The van der Waals surface area contributed by atoms with Crippen molar-refractivity contribution in [2.45, 2.75) is 5.41 Å². The monoisotopic (exact) mass is 718 g/mol. The van der Waals surface area contributed by atoms with Crippen molar-refractivity contribution < 1.29 is 0 Å². The third-order valence-corrected chi connectivity index (χ3v) is 13.2. The van der Waals surface area contributed by atoms with E-state index in [-0.39, 0.29) is 0 Å². The summed E-state index contributed by atoms with van der Waals surface area (Å²) in [5, 5.41) is 12.8. The number of rotatable bonds is 2. The van der Waals surface area contributed by atoms with Crippen molar-refractivity contribution in [1.82, 2.24) is 0 Å². The maximum atomic E-state index is 2.56. The van der Waals surface area contributed by atoms with Crippen LogP contribution in [0.15, 0.2) is 206 Å². The molecule has 0 nitrogen and oxygen atoms in total. The van der Waals surface area contributed by atoms with Crippen molar-refractivity contribution in [3.05, 3.63) is 229 Å². The van der Waals surface area contributed by atoms with Crippen LogP contribution in [0.1, 0.15) is 22.3 Å². The topological polar surface area (TPSA) is 0 Å². The molecule has 0 heterocycles. The Hall–Kier alpha value is -7.28. The van der Waals surface area contributed by atoms with Gasteiger partial charge in [-0.15, -0.1) is 0 Å². The molecule has 0 amide bonds. The Morgan fingerprint density at radius 1 is 0.246 bits per heavy atom. The van der Waals surface area contributed by atoms with Gasteiger partial charge in [0.05, 0.1) is 5.41 Å². The molecule has 11 aromatic carbocycles. The van der Waals surface area contributed by atoms with E-state index >= 15 is 0 Å². The molecule has 13 rings (SSSR count). The second-order valence-electron chi connectivity index (χ2n) is 15.9. The fraction of sp³-hybridized carbons (Fsp3) is 0.0175. The SMILES string of the molecule is c1ccc2c(c1)-c1ccccc1C21c2cc(-c3c4ccccc4cc4c3ccc3ccccc34)ccc2-c2ccc3c(-c4ccc5ccccc5c4)cccc3c21. The Kier molecular flexibility index (Phi) is 6.19. The van der Waals surface area contributed by atoms with Crippen LogP contribution in [0.3, 0.4) is 0 Å². The van der Waals surface area contributed by atoms with Crippen molar-refractivity contribution in [3.63, 3.8) is 0 Å². The highest BCUT2D eigenvalue weighted by Crippen LogP contribution is 2.65. The Bertz CT molecular complexity index is 3480. The summed E-state index contributed by atoms with van der Waals surface area (Å²) in [6, 6.07) is 77.8.